The molecule has 1 amide bonds. The number of carbonyl (C=O) groups excluding carboxylic acids is 1. The maximum atomic E-state index is 12.1. The Morgan fingerprint density at radius 1 is 1.19 bits per heavy atom. The van der Waals surface area contributed by atoms with E-state index in [9.17, 15) is 9.59 Å². The summed E-state index contributed by atoms with van der Waals surface area (Å²) in [4.78, 5) is 23.2. The molecule has 2 rings (SSSR count). The first-order valence-corrected chi connectivity index (χ1v) is 6.46. The number of carbonyl (C=O) groups is 2. The highest BCUT2D eigenvalue weighted by Gasteiger charge is 2.11. The van der Waals surface area contributed by atoms with Crippen molar-refractivity contribution in [3.8, 4) is 0 Å². The normalized spacial score (nSPS) is 10.2. The lowest BCUT2D eigenvalue weighted by atomic mass is 10.1. The molecule has 2 aromatic carbocycles. The number of benzene rings is 2. The van der Waals surface area contributed by atoms with E-state index in [1.807, 2.05) is 0 Å². The fourth-order valence-electron chi connectivity index (χ4n) is 1.80. The van der Waals surface area contributed by atoms with Crippen molar-refractivity contribution in [1.29, 1.82) is 0 Å². The number of hydrogen-bond donors (Lipinski definition) is 3. The van der Waals surface area contributed by atoms with Gasteiger partial charge in [-0.15, -0.1) is 0 Å². The quantitative estimate of drug-likeness (QED) is 0.759. The second-order valence-corrected chi connectivity index (χ2v) is 4.93. The molecule has 2 aromatic rings. The molecular formula is C15H13ClN2O3. The van der Waals surface area contributed by atoms with Crippen LogP contribution in [0.3, 0.4) is 0 Å². The van der Waals surface area contributed by atoms with E-state index in [4.69, 9.17) is 22.4 Å². The third-order valence-corrected chi connectivity index (χ3v) is 3.32. The van der Waals surface area contributed by atoms with Crippen molar-refractivity contribution >= 4 is 34.9 Å². The minimum atomic E-state index is -1.04. The van der Waals surface area contributed by atoms with Crippen LogP contribution in [0.15, 0.2) is 36.4 Å². The molecular weight excluding hydrogens is 292 g/mol. The Labute approximate surface area is 126 Å². The molecule has 21 heavy (non-hydrogen) atoms. The maximum absolute atomic E-state index is 12.1. The van der Waals surface area contributed by atoms with Crippen LogP contribution in [0.5, 0.6) is 0 Å². The number of hydrogen-bond acceptors (Lipinski definition) is 3. The summed E-state index contributed by atoms with van der Waals surface area (Å²) in [5, 5.41) is 12.0. The van der Waals surface area contributed by atoms with Crippen molar-refractivity contribution < 1.29 is 14.7 Å². The highest BCUT2D eigenvalue weighted by atomic mass is 35.5. The Morgan fingerprint density at radius 2 is 1.90 bits per heavy atom. The van der Waals surface area contributed by atoms with Crippen LogP contribution in [0.1, 0.15) is 26.3 Å². The first-order valence-electron chi connectivity index (χ1n) is 6.09. The van der Waals surface area contributed by atoms with Gasteiger partial charge in [-0.05, 0) is 42.8 Å². The van der Waals surface area contributed by atoms with E-state index < -0.39 is 11.9 Å². The van der Waals surface area contributed by atoms with Gasteiger partial charge in [0.1, 0.15) is 0 Å². The van der Waals surface area contributed by atoms with Crippen molar-refractivity contribution in [3.05, 3.63) is 58.1 Å². The summed E-state index contributed by atoms with van der Waals surface area (Å²) in [5.74, 6) is -1.43. The van der Waals surface area contributed by atoms with Crippen LogP contribution in [-0.2, 0) is 0 Å². The molecule has 108 valence electrons. The zero-order chi connectivity index (χ0) is 15.6. The lowest BCUT2D eigenvalue weighted by molar-refractivity contribution is 0.0695. The van der Waals surface area contributed by atoms with Crippen LogP contribution < -0.4 is 11.1 Å². The monoisotopic (exact) mass is 304 g/mol. The Kier molecular flexibility index (Phi) is 4.14. The topological polar surface area (TPSA) is 92.4 Å². The van der Waals surface area contributed by atoms with Crippen LogP contribution in [0, 0.1) is 6.92 Å². The van der Waals surface area contributed by atoms with E-state index in [1.165, 1.54) is 18.2 Å². The van der Waals surface area contributed by atoms with Crippen molar-refractivity contribution in [1.82, 2.24) is 0 Å². The van der Waals surface area contributed by atoms with Gasteiger partial charge in [-0.2, -0.15) is 0 Å². The Balaban J connectivity index is 2.25. The van der Waals surface area contributed by atoms with Crippen LogP contribution in [0.4, 0.5) is 11.4 Å². The van der Waals surface area contributed by atoms with E-state index in [1.54, 1.807) is 25.1 Å². The van der Waals surface area contributed by atoms with Gasteiger partial charge in [0.25, 0.3) is 5.91 Å². The van der Waals surface area contributed by atoms with E-state index in [0.29, 0.717) is 22.5 Å². The van der Waals surface area contributed by atoms with Gasteiger partial charge in [0, 0.05) is 11.3 Å². The van der Waals surface area contributed by atoms with Gasteiger partial charge in [0.2, 0.25) is 0 Å². The molecule has 0 bridgehead atoms. The minimum Gasteiger partial charge on any atom is -0.478 e. The number of anilines is 2. The number of nitrogen functional groups attached to an aromatic ring is 1. The van der Waals surface area contributed by atoms with Crippen LogP contribution in [0.2, 0.25) is 5.02 Å². The second kappa shape index (κ2) is 5.85. The summed E-state index contributed by atoms with van der Waals surface area (Å²) in [6, 6.07) is 9.22. The molecule has 0 aliphatic rings. The lowest BCUT2D eigenvalue weighted by Gasteiger charge is -2.08. The van der Waals surface area contributed by atoms with Crippen molar-refractivity contribution in [2.45, 2.75) is 6.92 Å². The van der Waals surface area contributed by atoms with Crippen LogP contribution >= 0.6 is 11.6 Å². The second-order valence-electron chi connectivity index (χ2n) is 4.53. The molecule has 0 aromatic heterocycles. The molecule has 0 aliphatic heterocycles. The SMILES string of the molecule is Cc1ccc(NC(=O)c2ccc(N)c(Cl)c2)cc1C(=O)O. The van der Waals surface area contributed by atoms with E-state index in [-0.39, 0.29) is 10.6 Å². The third-order valence-electron chi connectivity index (χ3n) is 2.99. The standard InChI is InChI=1S/C15H13ClN2O3/c1-8-2-4-10(7-11(8)15(20)21)18-14(19)9-3-5-13(17)12(16)6-9/h2-7H,17H2,1H3,(H,18,19)(H,20,21). The Morgan fingerprint density at radius 3 is 2.52 bits per heavy atom. The summed E-state index contributed by atoms with van der Waals surface area (Å²) >= 11 is 5.87. The summed E-state index contributed by atoms with van der Waals surface area (Å²) in [6.07, 6.45) is 0. The van der Waals surface area contributed by atoms with Gasteiger partial charge >= 0.3 is 5.97 Å². The fourth-order valence-corrected chi connectivity index (χ4v) is 1.98. The predicted octanol–water partition coefficient (Wildman–Crippen LogP) is 3.18. The summed E-state index contributed by atoms with van der Waals surface area (Å²) in [5.41, 5.74) is 7.47. The smallest absolute Gasteiger partial charge is 0.336 e. The average molecular weight is 305 g/mol. The highest BCUT2D eigenvalue weighted by Crippen LogP contribution is 2.21. The largest absolute Gasteiger partial charge is 0.478 e. The van der Waals surface area contributed by atoms with Crippen LogP contribution in [0.25, 0.3) is 0 Å². The zero-order valence-corrected chi connectivity index (χ0v) is 11.9. The Bertz CT molecular complexity index is 729. The van der Waals surface area contributed by atoms with Gasteiger partial charge in [0.15, 0.2) is 0 Å². The van der Waals surface area contributed by atoms with Crippen molar-refractivity contribution in [2.24, 2.45) is 0 Å². The van der Waals surface area contributed by atoms with E-state index in [2.05, 4.69) is 5.32 Å². The van der Waals surface area contributed by atoms with Crippen molar-refractivity contribution in [2.75, 3.05) is 11.1 Å². The molecule has 0 fully saturated rings. The molecule has 0 saturated heterocycles. The zero-order valence-electron chi connectivity index (χ0n) is 11.2. The first kappa shape index (κ1) is 14.9. The number of carboxylic acid groups (broad SMARTS) is 1. The van der Waals surface area contributed by atoms with Gasteiger partial charge in [-0.3, -0.25) is 4.79 Å². The number of halogens is 1. The van der Waals surface area contributed by atoms with E-state index in [0.717, 1.165) is 0 Å². The molecule has 6 heteroatoms. The van der Waals surface area contributed by atoms with Gasteiger partial charge in [-0.25, -0.2) is 4.79 Å². The Hall–Kier alpha value is -2.53. The first-order chi connectivity index (χ1) is 9.88. The molecule has 0 spiro atoms. The summed E-state index contributed by atoms with van der Waals surface area (Å²) in [6.45, 7) is 1.69. The molecule has 0 atom stereocenters. The number of nitrogens with two attached hydrogens (primary N) is 1. The molecule has 0 radical (unpaired) electrons. The molecule has 5 nitrogen and oxygen atoms in total. The maximum Gasteiger partial charge on any atom is 0.336 e. The molecule has 0 heterocycles. The predicted molar refractivity (Wildman–Crippen MR) is 82.0 cm³/mol. The third kappa shape index (κ3) is 3.32. The van der Waals surface area contributed by atoms with Gasteiger partial charge < -0.3 is 16.2 Å². The fraction of sp³-hybridized carbons (Fsp3) is 0.0667. The van der Waals surface area contributed by atoms with E-state index >= 15 is 0 Å². The van der Waals surface area contributed by atoms with Gasteiger partial charge in [0.05, 0.1) is 16.3 Å². The minimum absolute atomic E-state index is 0.142. The molecule has 0 unspecified atom stereocenters. The molecule has 0 saturated carbocycles. The molecule has 0 aliphatic carbocycles. The van der Waals surface area contributed by atoms with Gasteiger partial charge in [-0.1, -0.05) is 17.7 Å². The summed E-state index contributed by atoms with van der Waals surface area (Å²) in [7, 11) is 0. The van der Waals surface area contributed by atoms with Crippen LogP contribution in [-0.4, -0.2) is 17.0 Å². The van der Waals surface area contributed by atoms with Crippen molar-refractivity contribution in [3.63, 3.8) is 0 Å². The lowest BCUT2D eigenvalue weighted by Crippen LogP contribution is -2.13. The summed E-state index contributed by atoms with van der Waals surface area (Å²) < 4.78 is 0. The highest BCUT2D eigenvalue weighted by molar-refractivity contribution is 6.33. The number of carboxylic acids is 1. The number of amides is 1. The number of aromatic carboxylic acids is 1. The molecule has 4 N–H and O–H groups in total. The number of rotatable bonds is 3. The number of nitrogens with one attached hydrogen (secondary N) is 1. The number of aryl methyl sites for hydroxylation is 1. The average Bonchev–Trinajstić information content (AvgIpc) is 2.43.